The van der Waals surface area contributed by atoms with E-state index in [2.05, 4.69) is 15.5 Å². The summed E-state index contributed by atoms with van der Waals surface area (Å²) in [5.74, 6) is 1.39. The zero-order valence-electron chi connectivity index (χ0n) is 14.4. The van der Waals surface area contributed by atoms with Crippen molar-refractivity contribution in [3.63, 3.8) is 0 Å². The minimum Gasteiger partial charge on any atom is -0.454 e. The molecule has 0 spiro atoms. The Hall–Kier alpha value is -3.35. The van der Waals surface area contributed by atoms with Gasteiger partial charge in [0.15, 0.2) is 11.5 Å². The van der Waals surface area contributed by atoms with Gasteiger partial charge in [0.05, 0.1) is 6.42 Å². The molecule has 0 unspecified atom stereocenters. The Morgan fingerprint density at radius 3 is 2.77 bits per heavy atom. The molecule has 26 heavy (non-hydrogen) atoms. The van der Waals surface area contributed by atoms with E-state index in [0.717, 1.165) is 16.7 Å². The molecule has 2 heterocycles. The van der Waals surface area contributed by atoms with Crippen molar-refractivity contribution < 1.29 is 18.7 Å². The minimum absolute atomic E-state index is 0.0624. The highest BCUT2D eigenvalue weighted by Gasteiger charge is 2.17. The highest BCUT2D eigenvalue weighted by molar-refractivity contribution is 5.90. The number of carbonyl (C=O) groups is 1. The van der Waals surface area contributed by atoms with E-state index < -0.39 is 0 Å². The fraction of sp³-hybridized carbons (Fsp3) is 0.211. The van der Waals surface area contributed by atoms with Crippen molar-refractivity contribution in [3.8, 4) is 23.0 Å². The lowest BCUT2D eigenvalue weighted by molar-refractivity contribution is -0.115. The average Bonchev–Trinajstić information content (AvgIpc) is 3.25. The van der Waals surface area contributed by atoms with Gasteiger partial charge in [-0.2, -0.15) is 0 Å². The van der Waals surface area contributed by atoms with Crippen molar-refractivity contribution in [2.24, 2.45) is 0 Å². The SMILES string of the molecule is Cc1ccc(CC(=O)Nc2nnc(-c3ccc4c(c3)OCO4)o2)c(C)c1. The van der Waals surface area contributed by atoms with Crippen LogP contribution in [0.2, 0.25) is 0 Å². The molecule has 0 atom stereocenters. The highest BCUT2D eigenvalue weighted by Crippen LogP contribution is 2.35. The number of fused-ring (bicyclic) bond motifs is 1. The van der Waals surface area contributed by atoms with E-state index in [1.165, 1.54) is 0 Å². The van der Waals surface area contributed by atoms with Crippen molar-refractivity contribution in [3.05, 3.63) is 53.1 Å². The Kier molecular flexibility index (Phi) is 4.04. The van der Waals surface area contributed by atoms with Crippen LogP contribution in [0.4, 0.5) is 6.01 Å². The molecule has 0 radical (unpaired) electrons. The molecule has 7 heteroatoms. The lowest BCUT2D eigenvalue weighted by Gasteiger charge is -2.06. The number of amides is 1. The van der Waals surface area contributed by atoms with E-state index in [4.69, 9.17) is 13.9 Å². The van der Waals surface area contributed by atoms with Gasteiger partial charge in [-0.1, -0.05) is 28.9 Å². The normalized spacial score (nSPS) is 12.2. The molecule has 132 valence electrons. The fourth-order valence-corrected chi connectivity index (χ4v) is 2.80. The van der Waals surface area contributed by atoms with Gasteiger partial charge < -0.3 is 13.9 Å². The monoisotopic (exact) mass is 351 g/mol. The Morgan fingerprint density at radius 1 is 1.08 bits per heavy atom. The number of ether oxygens (including phenoxy) is 2. The molecule has 0 aliphatic carbocycles. The number of hydrogen-bond donors (Lipinski definition) is 1. The zero-order chi connectivity index (χ0) is 18.1. The van der Waals surface area contributed by atoms with Gasteiger partial charge in [0.2, 0.25) is 18.6 Å². The van der Waals surface area contributed by atoms with Crippen molar-refractivity contribution in [1.82, 2.24) is 10.2 Å². The predicted octanol–water partition coefficient (Wildman–Crippen LogP) is 3.26. The number of nitrogens with one attached hydrogen (secondary N) is 1. The smallest absolute Gasteiger partial charge is 0.322 e. The first-order valence-corrected chi connectivity index (χ1v) is 8.18. The standard InChI is InChI=1S/C19H17N3O4/c1-11-3-4-13(12(2)7-11)9-17(23)20-19-22-21-18(26-19)14-5-6-15-16(8-14)25-10-24-15/h3-8H,9-10H2,1-2H3,(H,20,22,23). The molecule has 0 saturated heterocycles. The molecule has 4 rings (SSSR count). The lowest BCUT2D eigenvalue weighted by atomic mass is 10.0. The number of anilines is 1. The summed E-state index contributed by atoms with van der Waals surface area (Å²) in [5.41, 5.74) is 3.89. The average molecular weight is 351 g/mol. The largest absolute Gasteiger partial charge is 0.454 e. The van der Waals surface area contributed by atoms with Crippen molar-refractivity contribution >= 4 is 11.9 Å². The number of rotatable bonds is 4. The maximum absolute atomic E-state index is 12.2. The highest BCUT2D eigenvalue weighted by atomic mass is 16.7. The van der Waals surface area contributed by atoms with Crippen LogP contribution in [0.15, 0.2) is 40.8 Å². The number of aryl methyl sites for hydroxylation is 2. The van der Waals surface area contributed by atoms with Gasteiger partial charge in [0.25, 0.3) is 0 Å². The van der Waals surface area contributed by atoms with Gasteiger partial charge in [-0.05, 0) is 43.2 Å². The van der Waals surface area contributed by atoms with E-state index in [-0.39, 0.29) is 25.1 Å². The molecule has 1 aliphatic heterocycles. The Bertz CT molecular complexity index is 981. The van der Waals surface area contributed by atoms with Crippen LogP contribution in [0.5, 0.6) is 11.5 Å². The second-order valence-corrected chi connectivity index (χ2v) is 6.14. The Morgan fingerprint density at radius 2 is 1.92 bits per heavy atom. The molecule has 0 saturated carbocycles. The third-order valence-corrected chi connectivity index (χ3v) is 4.14. The molecule has 1 N–H and O–H groups in total. The summed E-state index contributed by atoms with van der Waals surface area (Å²) >= 11 is 0. The van der Waals surface area contributed by atoms with E-state index in [9.17, 15) is 4.79 Å². The van der Waals surface area contributed by atoms with Crippen LogP contribution in [-0.2, 0) is 11.2 Å². The molecular weight excluding hydrogens is 334 g/mol. The molecule has 0 bridgehead atoms. The third-order valence-electron chi connectivity index (χ3n) is 4.14. The van der Waals surface area contributed by atoms with E-state index >= 15 is 0 Å². The molecule has 0 fully saturated rings. The van der Waals surface area contributed by atoms with Crippen LogP contribution < -0.4 is 14.8 Å². The molecule has 1 aliphatic rings. The van der Waals surface area contributed by atoms with Gasteiger partial charge in [0.1, 0.15) is 0 Å². The summed E-state index contributed by atoms with van der Waals surface area (Å²) in [4.78, 5) is 12.2. The topological polar surface area (TPSA) is 86.5 Å². The summed E-state index contributed by atoms with van der Waals surface area (Å²) in [6.45, 7) is 4.20. The maximum atomic E-state index is 12.2. The first-order chi connectivity index (χ1) is 12.6. The van der Waals surface area contributed by atoms with Gasteiger partial charge in [-0.25, -0.2) is 0 Å². The zero-order valence-corrected chi connectivity index (χ0v) is 14.4. The second kappa shape index (κ2) is 6.51. The molecule has 1 amide bonds. The van der Waals surface area contributed by atoms with Crippen LogP contribution in [0.1, 0.15) is 16.7 Å². The Labute approximate surface area is 150 Å². The number of benzene rings is 2. The van der Waals surface area contributed by atoms with Gasteiger partial charge in [-0.15, -0.1) is 5.10 Å². The van der Waals surface area contributed by atoms with Crippen LogP contribution >= 0.6 is 0 Å². The van der Waals surface area contributed by atoms with Crippen LogP contribution in [0.25, 0.3) is 11.5 Å². The van der Waals surface area contributed by atoms with E-state index in [1.54, 1.807) is 18.2 Å². The summed E-state index contributed by atoms with van der Waals surface area (Å²) in [6.07, 6.45) is 0.244. The van der Waals surface area contributed by atoms with Crippen LogP contribution in [0, 0.1) is 13.8 Å². The number of hydrogen-bond acceptors (Lipinski definition) is 6. The third kappa shape index (κ3) is 3.23. The first-order valence-electron chi connectivity index (χ1n) is 8.18. The summed E-state index contributed by atoms with van der Waals surface area (Å²) in [6, 6.07) is 11.4. The van der Waals surface area contributed by atoms with Gasteiger partial charge in [0, 0.05) is 5.56 Å². The number of carbonyl (C=O) groups excluding carboxylic acids is 1. The Balaban J connectivity index is 1.45. The molecular formula is C19H17N3O4. The molecule has 1 aromatic heterocycles. The van der Waals surface area contributed by atoms with Crippen molar-refractivity contribution in [2.45, 2.75) is 20.3 Å². The maximum Gasteiger partial charge on any atom is 0.322 e. The van der Waals surface area contributed by atoms with Crippen LogP contribution in [-0.4, -0.2) is 22.9 Å². The summed E-state index contributed by atoms with van der Waals surface area (Å²) in [7, 11) is 0. The molecule has 7 nitrogen and oxygen atoms in total. The summed E-state index contributed by atoms with van der Waals surface area (Å²) in [5, 5.41) is 10.5. The van der Waals surface area contributed by atoms with Crippen molar-refractivity contribution in [2.75, 3.05) is 12.1 Å². The number of nitrogens with zero attached hydrogens (tertiary/aromatic N) is 2. The lowest BCUT2D eigenvalue weighted by Crippen LogP contribution is -2.15. The molecule has 3 aromatic rings. The van der Waals surface area contributed by atoms with Gasteiger partial charge in [-0.3, -0.25) is 10.1 Å². The van der Waals surface area contributed by atoms with E-state index in [1.807, 2.05) is 32.0 Å². The van der Waals surface area contributed by atoms with Gasteiger partial charge >= 0.3 is 6.01 Å². The first kappa shape index (κ1) is 16.1. The minimum atomic E-state index is -0.210. The summed E-state index contributed by atoms with van der Waals surface area (Å²) < 4.78 is 16.1. The number of aromatic nitrogens is 2. The van der Waals surface area contributed by atoms with Crippen molar-refractivity contribution in [1.29, 1.82) is 0 Å². The molecule has 2 aromatic carbocycles. The quantitative estimate of drug-likeness (QED) is 0.776. The second-order valence-electron chi connectivity index (χ2n) is 6.14. The fourth-order valence-electron chi connectivity index (χ4n) is 2.80. The van der Waals surface area contributed by atoms with E-state index in [0.29, 0.717) is 23.0 Å². The van der Waals surface area contributed by atoms with Crippen LogP contribution in [0.3, 0.4) is 0 Å². The predicted molar refractivity (Wildman–Crippen MR) is 94.1 cm³/mol.